The normalized spacial score (nSPS) is 26.5. The van der Waals surface area contributed by atoms with Gasteiger partial charge in [-0.25, -0.2) is 4.98 Å². The SMILES string of the molecule is Cn1ccnc1C(=O)NC[C@@H]1OC[C@H]2CN(Cc3ccoc3)CC[C@H]21. The number of imidazole rings is 1. The zero-order valence-corrected chi connectivity index (χ0v) is 14.4. The molecule has 2 fully saturated rings. The standard InChI is InChI=1S/C18H24N4O3/c1-21-6-4-19-17(21)18(23)20-8-16-15-2-5-22(10-14(15)12-25-16)9-13-3-7-24-11-13/h3-4,6-7,11,14-16H,2,5,8-10,12H2,1H3,(H,20,23)/t14-,15-,16+/m1/s1. The first-order chi connectivity index (χ1) is 12.2. The van der Waals surface area contributed by atoms with Gasteiger partial charge in [0.05, 0.1) is 25.2 Å². The van der Waals surface area contributed by atoms with E-state index >= 15 is 0 Å². The van der Waals surface area contributed by atoms with E-state index in [1.165, 1.54) is 5.56 Å². The number of nitrogens with zero attached hydrogens (tertiary/aromatic N) is 3. The Labute approximate surface area is 147 Å². The second-order valence-corrected chi connectivity index (χ2v) is 7.02. The van der Waals surface area contributed by atoms with Crippen LogP contribution in [-0.4, -0.2) is 52.7 Å². The Morgan fingerprint density at radius 1 is 1.48 bits per heavy atom. The van der Waals surface area contributed by atoms with Crippen LogP contribution >= 0.6 is 0 Å². The van der Waals surface area contributed by atoms with Gasteiger partial charge in [-0.3, -0.25) is 9.69 Å². The molecular weight excluding hydrogens is 320 g/mol. The molecule has 25 heavy (non-hydrogen) atoms. The maximum Gasteiger partial charge on any atom is 0.287 e. The highest BCUT2D eigenvalue weighted by Gasteiger charge is 2.40. The molecule has 2 aromatic heterocycles. The molecule has 3 atom stereocenters. The van der Waals surface area contributed by atoms with E-state index in [1.807, 2.05) is 19.4 Å². The van der Waals surface area contributed by atoms with Crippen LogP contribution in [0.25, 0.3) is 0 Å². The number of carbonyl (C=O) groups is 1. The molecule has 0 radical (unpaired) electrons. The Morgan fingerprint density at radius 3 is 3.16 bits per heavy atom. The van der Waals surface area contributed by atoms with Gasteiger partial charge in [0.2, 0.25) is 0 Å². The van der Waals surface area contributed by atoms with Crippen molar-refractivity contribution in [3.05, 3.63) is 42.4 Å². The topological polar surface area (TPSA) is 72.5 Å². The van der Waals surface area contributed by atoms with Crippen LogP contribution in [0, 0.1) is 11.8 Å². The molecule has 4 heterocycles. The quantitative estimate of drug-likeness (QED) is 0.885. The fraction of sp³-hybridized carbons (Fsp3) is 0.556. The van der Waals surface area contributed by atoms with Crippen molar-refractivity contribution in [1.29, 1.82) is 0 Å². The molecule has 1 amide bonds. The highest BCUT2D eigenvalue weighted by atomic mass is 16.5. The van der Waals surface area contributed by atoms with Crippen molar-refractivity contribution in [3.8, 4) is 0 Å². The van der Waals surface area contributed by atoms with Gasteiger partial charge in [0.1, 0.15) is 0 Å². The van der Waals surface area contributed by atoms with E-state index in [0.29, 0.717) is 24.2 Å². The highest BCUT2D eigenvalue weighted by Crippen LogP contribution is 2.34. The summed E-state index contributed by atoms with van der Waals surface area (Å²) in [5, 5.41) is 2.98. The molecule has 2 aliphatic rings. The lowest BCUT2D eigenvalue weighted by Gasteiger charge is -2.35. The average molecular weight is 344 g/mol. The number of carbonyl (C=O) groups excluding carboxylic acids is 1. The predicted molar refractivity (Wildman–Crippen MR) is 90.9 cm³/mol. The van der Waals surface area contributed by atoms with Crippen molar-refractivity contribution < 1.29 is 13.9 Å². The number of fused-ring (bicyclic) bond motifs is 1. The first-order valence-electron chi connectivity index (χ1n) is 8.81. The fourth-order valence-electron chi connectivity index (χ4n) is 4.01. The van der Waals surface area contributed by atoms with E-state index in [4.69, 9.17) is 9.15 Å². The monoisotopic (exact) mass is 344 g/mol. The van der Waals surface area contributed by atoms with E-state index in [1.54, 1.807) is 23.2 Å². The second-order valence-electron chi connectivity index (χ2n) is 7.02. The molecule has 2 saturated heterocycles. The maximum atomic E-state index is 12.2. The maximum absolute atomic E-state index is 12.2. The van der Waals surface area contributed by atoms with Gasteiger partial charge >= 0.3 is 0 Å². The van der Waals surface area contributed by atoms with Gasteiger partial charge in [-0.15, -0.1) is 0 Å². The third-order valence-electron chi connectivity index (χ3n) is 5.35. The molecule has 0 spiro atoms. The number of ether oxygens (including phenoxy) is 1. The largest absolute Gasteiger partial charge is 0.472 e. The Kier molecular flexibility index (Phi) is 4.59. The summed E-state index contributed by atoms with van der Waals surface area (Å²) in [4.78, 5) is 18.8. The molecule has 0 saturated carbocycles. The first kappa shape index (κ1) is 16.4. The molecule has 134 valence electrons. The summed E-state index contributed by atoms with van der Waals surface area (Å²) in [5.41, 5.74) is 1.22. The van der Waals surface area contributed by atoms with Crippen LogP contribution in [0.2, 0.25) is 0 Å². The third kappa shape index (κ3) is 3.48. The van der Waals surface area contributed by atoms with Gasteiger partial charge in [0.25, 0.3) is 5.91 Å². The smallest absolute Gasteiger partial charge is 0.287 e. The van der Waals surface area contributed by atoms with Crippen molar-refractivity contribution in [2.24, 2.45) is 18.9 Å². The lowest BCUT2D eigenvalue weighted by Crippen LogP contribution is -2.43. The summed E-state index contributed by atoms with van der Waals surface area (Å²) in [6.45, 7) is 4.35. The molecule has 7 heteroatoms. The number of piperidine rings is 1. The number of furan rings is 1. The Balaban J connectivity index is 1.28. The van der Waals surface area contributed by atoms with Gasteiger partial charge in [-0.05, 0) is 24.9 Å². The van der Waals surface area contributed by atoms with Gasteiger partial charge in [0.15, 0.2) is 5.82 Å². The number of aromatic nitrogens is 2. The molecule has 4 rings (SSSR count). The summed E-state index contributed by atoms with van der Waals surface area (Å²) >= 11 is 0. The first-order valence-corrected chi connectivity index (χ1v) is 8.81. The number of amides is 1. The fourth-order valence-corrected chi connectivity index (χ4v) is 4.01. The molecule has 0 aliphatic carbocycles. The van der Waals surface area contributed by atoms with E-state index < -0.39 is 0 Å². The number of rotatable bonds is 5. The summed E-state index contributed by atoms with van der Waals surface area (Å²) in [7, 11) is 1.82. The zero-order valence-electron chi connectivity index (χ0n) is 14.4. The summed E-state index contributed by atoms with van der Waals surface area (Å²) in [5.74, 6) is 1.35. The second kappa shape index (κ2) is 7.01. The summed E-state index contributed by atoms with van der Waals surface area (Å²) in [6.07, 6.45) is 8.14. The van der Waals surface area contributed by atoms with E-state index in [0.717, 1.165) is 32.7 Å². The minimum Gasteiger partial charge on any atom is -0.472 e. The molecule has 0 unspecified atom stereocenters. The van der Waals surface area contributed by atoms with Crippen LogP contribution in [0.1, 0.15) is 22.6 Å². The van der Waals surface area contributed by atoms with Crippen molar-refractivity contribution in [2.75, 3.05) is 26.2 Å². The van der Waals surface area contributed by atoms with Gasteiger partial charge in [-0.1, -0.05) is 0 Å². The minimum atomic E-state index is -0.142. The van der Waals surface area contributed by atoms with Crippen LogP contribution < -0.4 is 5.32 Å². The number of hydrogen-bond donors (Lipinski definition) is 1. The molecule has 2 aromatic rings. The highest BCUT2D eigenvalue weighted by molar-refractivity contribution is 5.90. The van der Waals surface area contributed by atoms with Crippen LogP contribution in [0.4, 0.5) is 0 Å². The van der Waals surface area contributed by atoms with Gasteiger partial charge < -0.3 is 19.0 Å². The lowest BCUT2D eigenvalue weighted by atomic mass is 9.84. The molecule has 0 aromatic carbocycles. The number of aryl methyl sites for hydroxylation is 1. The molecule has 2 aliphatic heterocycles. The van der Waals surface area contributed by atoms with Crippen LogP contribution in [0.3, 0.4) is 0 Å². The minimum absolute atomic E-state index is 0.102. The van der Waals surface area contributed by atoms with Crippen molar-refractivity contribution in [2.45, 2.75) is 19.1 Å². The molecular formula is C18H24N4O3. The van der Waals surface area contributed by atoms with Crippen LogP contribution in [-0.2, 0) is 18.3 Å². The van der Waals surface area contributed by atoms with E-state index in [2.05, 4.69) is 15.2 Å². The Morgan fingerprint density at radius 2 is 2.40 bits per heavy atom. The van der Waals surface area contributed by atoms with Gasteiger partial charge in [0, 0.05) is 50.6 Å². The molecule has 0 bridgehead atoms. The van der Waals surface area contributed by atoms with Crippen molar-refractivity contribution >= 4 is 5.91 Å². The van der Waals surface area contributed by atoms with Crippen LogP contribution in [0.5, 0.6) is 0 Å². The predicted octanol–water partition coefficient (Wildman–Crippen LogP) is 1.28. The number of nitrogens with one attached hydrogen (secondary N) is 1. The average Bonchev–Trinajstić information content (AvgIpc) is 3.34. The van der Waals surface area contributed by atoms with E-state index in [-0.39, 0.29) is 12.0 Å². The Hall–Kier alpha value is -2.12. The van der Waals surface area contributed by atoms with Crippen molar-refractivity contribution in [3.63, 3.8) is 0 Å². The number of hydrogen-bond acceptors (Lipinski definition) is 5. The number of likely N-dealkylation sites (tertiary alicyclic amines) is 1. The third-order valence-corrected chi connectivity index (χ3v) is 5.35. The lowest BCUT2D eigenvalue weighted by molar-refractivity contribution is 0.0736. The van der Waals surface area contributed by atoms with E-state index in [9.17, 15) is 4.79 Å². The molecule has 7 nitrogen and oxygen atoms in total. The van der Waals surface area contributed by atoms with Gasteiger partial charge in [-0.2, -0.15) is 0 Å². The van der Waals surface area contributed by atoms with Crippen molar-refractivity contribution in [1.82, 2.24) is 19.8 Å². The summed E-state index contributed by atoms with van der Waals surface area (Å²) in [6, 6.07) is 2.02. The summed E-state index contributed by atoms with van der Waals surface area (Å²) < 4.78 is 12.9. The Bertz CT molecular complexity index is 712. The zero-order chi connectivity index (χ0) is 17.2. The molecule has 1 N–H and O–H groups in total. The van der Waals surface area contributed by atoms with Crippen LogP contribution in [0.15, 0.2) is 35.4 Å².